The Morgan fingerprint density at radius 3 is 2.71 bits per heavy atom. The third-order valence-corrected chi connectivity index (χ3v) is 4.86. The molecule has 0 amide bonds. The van der Waals surface area contributed by atoms with Gasteiger partial charge in [-0.1, -0.05) is 12.1 Å². The van der Waals surface area contributed by atoms with Crippen LogP contribution >= 0.6 is 24.0 Å². The average Bonchev–Trinajstić information content (AvgIpc) is 2.73. The van der Waals surface area contributed by atoms with Crippen molar-refractivity contribution in [2.24, 2.45) is 4.99 Å². The zero-order valence-corrected chi connectivity index (χ0v) is 19.8. The molecule has 1 aliphatic rings. The molecule has 1 fully saturated rings. The van der Waals surface area contributed by atoms with Crippen LogP contribution in [0.5, 0.6) is 11.5 Å². The Labute approximate surface area is 198 Å². The summed E-state index contributed by atoms with van der Waals surface area (Å²) >= 11 is 0. The SMILES string of the molecule is CCNC(=NCc1cccc(O)c1)NC1CCCN(c2ccc(OC(F)F)cc2)C1.I. The molecule has 1 unspecified atom stereocenters. The summed E-state index contributed by atoms with van der Waals surface area (Å²) in [5, 5.41) is 16.4. The number of nitrogens with zero attached hydrogens (tertiary/aromatic N) is 2. The zero-order valence-electron chi connectivity index (χ0n) is 17.4. The molecule has 9 heteroatoms. The number of hydrogen-bond donors (Lipinski definition) is 3. The molecule has 0 saturated carbocycles. The van der Waals surface area contributed by atoms with Crippen molar-refractivity contribution in [2.75, 3.05) is 24.5 Å². The van der Waals surface area contributed by atoms with Gasteiger partial charge in [-0.25, -0.2) is 4.99 Å². The van der Waals surface area contributed by atoms with Crippen molar-refractivity contribution < 1.29 is 18.6 Å². The van der Waals surface area contributed by atoms with Crippen molar-refractivity contribution in [1.82, 2.24) is 10.6 Å². The number of piperidine rings is 1. The zero-order chi connectivity index (χ0) is 21.3. The molecule has 3 N–H and O–H groups in total. The van der Waals surface area contributed by atoms with Gasteiger partial charge in [0.2, 0.25) is 0 Å². The summed E-state index contributed by atoms with van der Waals surface area (Å²) in [7, 11) is 0. The smallest absolute Gasteiger partial charge is 0.387 e. The molecular weight excluding hydrogens is 517 g/mol. The number of halogens is 3. The van der Waals surface area contributed by atoms with E-state index in [1.807, 2.05) is 13.0 Å². The van der Waals surface area contributed by atoms with E-state index in [1.165, 1.54) is 0 Å². The van der Waals surface area contributed by atoms with Gasteiger partial charge in [0, 0.05) is 31.4 Å². The predicted octanol–water partition coefficient (Wildman–Crippen LogP) is 4.34. The fraction of sp³-hybridized carbons (Fsp3) is 0.409. The number of alkyl halides is 2. The number of aliphatic imine (C=N–C) groups is 1. The molecule has 1 heterocycles. The van der Waals surface area contributed by atoms with Crippen LogP contribution in [0, 0.1) is 0 Å². The van der Waals surface area contributed by atoms with Crippen LogP contribution in [-0.4, -0.2) is 43.4 Å². The third kappa shape index (κ3) is 8.04. The maximum Gasteiger partial charge on any atom is 0.387 e. The van der Waals surface area contributed by atoms with Gasteiger partial charge in [0.1, 0.15) is 11.5 Å². The molecule has 3 rings (SSSR count). The second kappa shape index (κ2) is 12.5. The number of rotatable bonds is 7. The summed E-state index contributed by atoms with van der Waals surface area (Å²) in [4.78, 5) is 6.86. The summed E-state index contributed by atoms with van der Waals surface area (Å²) in [6, 6.07) is 14.0. The van der Waals surface area contributed by atoms with Crippen molar-refractivity contribution >= 4 is 35.6 Å². The van der Waals surface area contributed by atoms with Crippen LogP contribution in [0.3, 0.4) is 0 Å². The first-order chi connectivity index (χ1) is 14.5. The number of aromatic hydroxyl groups is 1. The van der Waals surface area contributed by atoms with Gasteiger partial charge in [-0.2, -0.15) is 8.78 Å². The number of phenolic OH excluding ortho intramolecular Hbond substituents is 1. The first kappa shape index (κ1) is 25.0. The van der Waals surface area contributed by atoms with Crippen LogP contribution < -0.4 is 20.3 Å². The molecule has 6 nitrogen and oxygen atoms in total. The van der Waals surface area contributed by atoms with Crippen molar-refractivity contribution in [3.8, 4) is 11.5 Å². The van der Waals surface area contributed by atoms with Crippen LogP contribution in [-0.2, 0) is 6.54 Å². The van der Waals surface area contributed by atoms with Gasteiger partial charge in [-0.05, 0) is 61.7 Å². The van der Waals surface area contributed by atoms with E-state index < -0.39 is 6.61 Å². The van der Waals surface area contributed by atoms with Crippen molar-refractivity contribution in [1.29, 1.82) is 0 Å². The topological polar surface area (TPSA) is 69.1 Å². The second-order valence-electron chi connectivity index (χ2n) is 7.17. The molecule has 0 bridgehead atoms. The summed E-state index contributed by atoms with van der Waals surface area (Å²) in [5.74, 6) is 1.12. The summed E-state index contributed by atoms with van der Waals surface area (Å²) in [6.07, 6.45) is 2.03. The Kier molecular flexibility index (Phi) is 10.1. The fourth-order valence-electron chi connectivity index (χ4n) is 3.51. The highest BCUT2D eigenvalue weighted by Crippen LogP contribution is 2.24. The highest BCUT2D eigenvalue weighted by Gasteiger charge is 2.21. The highest BCUT2D eigenvalue weighted by atomic mass is 127. The molecule has 0 aromatic heterocycles. The van der Waals surface area contributed by atoms with Crippen LogP contribution in [0.4, 0.5) is 14.5 Å². The molecule has 0 aliphatic carbocycles. The molecule has 170 valence electrons. The van der Waals surface area contributed by atoms with Crippen LogP contribution in [0.2, 0.25) is 0 Å². The number of ether oxygens (including phenoxy) is 1. The molecule has 2 aromatic rings. The van der Waals surface area contributed by atoms with Crippen LogP contribution in [0.25, 0.3) is 0 Å². The van der Waals surface area contributed by atoms with Crippen molar-refractivity contribution in [3.63, 3.8) is 0 Å². The minimum Gasteiger partial charge on any atom is -0.508 e. The van der Waals surface area contributed by atoms with Gasteiger partial charge in [-0.15, -0.1) is 24.0 Å². The number of phenols is 1. The Morgan fingerprint density at radius 2 is 2.03 bits per heavy atom. The minimum absolute atomic E-state index is 0. The minimum atomic E-state index is -2.82. The summed E-state index contributed by atoms with van der Waals surface area (Å²) in [5.41, 5.74) is 1.91. The molecule has 31 heavy (non-hydrogen) atoms. The summed E-state index contributed by atoms with van der Waals surface area (Å²) < 4.78 is 29.1. The van der Waals surface area contributed by atoms with E-state index in [1.54, 1.807) is 42.5 Å². The van der Waals surface area contributed by atoms with Gasteiger partial charge in [0.25, 0.3) is 0 Å². The quantitative estimate of drug-likeness (QED) is 0.274. The molecule has 1 aliphatic heterocycles. The lowest BCUT2D eigenvalue weighted by atomic mass is 10.0. The monoisotopic (exact) mass is 546 g/mol. The van der Waals surface area contributed by atoms with Crippen LogP contribution in [0.15, 0.2) is 53.5 Å². The van der Waals surface area contributed by atoms with Crippen molar-refractivity contribution in [3.05, 3.63) is 54.1 Å². The Balaban J connectivity index is 0.00000341. The van der Waals surface area contributed by atoms with Gasteiger partial charge in [0.15, 0.2) is 5.96 Å². The Hall–Kier alpha value is -2.30. The van der Waals surface area contributed by atoms with E-state index in [9.17, 15) is 13.9 Å². The molecular formula is C22H29F2IN4O2. The Morgan fingerprint density at radius 1 is 1.26 bits per heavy atom. The maximum absolute atomic E-state index is 12.3. The largest absolute Gasteiger partial charge is 0.508 e. The molecule has 1 atom stereocenters. The van der Waals surface area contributed by atoms with Crippen LogP contribution in [0.1, 0.15) is 25.3 Å². The molecule has 1 saturated heterocycles. The lowest BCUT2D eigenvalue weighted by Gasteiger charge is -2.35. The summed E-state index contributed by atoms with van der Waals surface area (Å²) in [6.45, 7) is 2.10. The first-order valence-corrected chi connectivity index (χ1v) is 10.2. The van der Waals surface area contributed by atoms with Gasteiger partial charge in [-0.3, -0.25) is 0 Å². The maximum atomic E-state index is 12.3. The van der Waals surface area contributed by atoms with E-state index in [0.717, 1.165) is 49.7 Å². The fourth-order valence-corrected chi connectivity index (χ4v) is 3.51. The van der Waals surface area contributed by atoms with E-state index in [4.69, 9.17) is 0 Å². The number of nitrogens with one attached hydrogen (secondary N) is 2. The van der Waals surface area contributed by atoms with E-state index in [2.05, 4.69) is 25.3 Å². The molecule has 2 aromatic carbocycles. The third-order valence-electron chi connectivity index (χ3n) is 4.86. The lowest BCUT2D eigenvalue weighted by molar-refractivity contribution is -0.0498. The second-order valence-corrected chi connectivity index (χ2v) is 7.17. The number of guanidine groups is 1. The normalized spacial score (nSPS) is 16.6. The van der Waals surface area contributed by atoms with Gasteiger partial charge < -0.3 is 25.4 Å². The first-order valence-electron chi connectivity index (χ1n) is 10.2. The highest BCUT2D eigenvalue weighted by molar-refractivity contribution is 14.0. The van der Waals surface area contributed by atoms with E-state index in [0.29, 0.717) is 6.54 Å². The Bertz CT molecular complexity index is 837. The number of anilines is 1. The van der Waals surface area contributed by atoms with Gasteiger partial charge in [0.05, 0.1) is 6.54 Å². The van der Waals surface area contributed by atoms with E-state index in [-0.39, 0.29) is 41.5 Å². The van der Waals surface area contributed by atoms with E-state index >= 15 is 0 Å². The number of benzene rings is 2. The standard InChI is InChI=1S/C22H28F2N4O2.HI/c1-2-25-22(26-14-16-5-3-7-19(29)13-16)27-17-6-4-12-28(15-17)18-8-10-20(11-9-18)30-21(23)24;/h3,5,7-11,13,17,21,29H,2,4,6,12,14-15H2,1H3,(H2,25,26,27);1H. The molecule has 0 radical (unpaired) electrons. The predicted molar refractivity (Wildman–Crippen MR) is 130 cm³/mol. The van der Waals surface area contributed by atoms with Gasteiger partial charge >= 0.3 is 6.61 Å². The van der Waals surface area contributed by atoms with Crippen molar-refractivity contribution in [2.45, 2.75) is 39.0 Å². The number of hydrogen-bond acceptors (Lipinski definition) is 4. The average molecular weight is 546 g/mol. The lowest BCUT2D eigenvalue weighted by Crippen LogP contribution is -2.51. The molecule has 0 spiro atoms.